The molecule has 24 heavy (non-hydrogen) atoms. The smallest absolute Gasteiger partial charge is 0.264 e. The number of nitrogens with zero attached hydrogens (tertiary/aromatic N) is 2. The van der Waals surface area contributed by atoms with Crippen molar-refractivity contribution in [1.29, 1.82) is 0 Å². The summed E-state index contributed by atoms with van der Waals surface area (Å²) in [7, 11) is -2.23. The zero-order chi connectivity index (χ0) is 17.3. The summed E-state index contributed by atoms with van der Waals surface area (Å²) >= 11 is 0. The summed E-state index contributed by atoms with van der Waals surface area (Å²) < 4.78 is 32.5. The highest BCUT2D eigenvalue weighted by atomic mass is 32.2. The van der Waals surface area contributed by atoms with E-state index in [2.05, 4.69) is 0 Å². The van der Waals surface area contributed by atoms with Crippen molar-refractivity contribution in [3.8, 4) is 5.75 Å². The van der Waals surface area contributed by atoms with Crippen LogP contribution in [0.25, 0.3) is 0 Å². The average Bonchev–Trinajstić information content (AvgIpc) is 2.60. The van der Waals surface area contributed by atoms with Gasteiger partial charge in [0.05, 0.1) is 22.8 Å². The third-order valence-electron chi connectivity index (χ3n) is 3.95. The van der Waals surface area contributed by atoms with Crippen molar-refractivity contribution in [3.63, 3.8) is 0 Å². The molecular formula is C17H18N2O4S. The summed E-state index contributed by atoms with van der Waals surface area (Å²) in [5.74, 6) is 0.364. The number of ether oxygens (including phenoxy) is 1. The number of carbonyl (C=O) groups is 1. The Labute approximate surface area is 141 Å². The Morgan fingerprint density at radius 3 is 2.54 bits per heavy atom. The molecule has 2 aromatic carbocycles. The number of fused-ring (bicyclic) bond motifs is 1. The maximum Gasteiger partial charge on any atom is 0.264 e. The minimum Gasteiger partial charge on any atom is -0.490 e. The predicted octanol–water partition coefficient (Wildman–Crippen LogP) is 2.26. The Bertz CT molecular complexity index is 865. The lowest BCUT2D eigenvalue weighted by atomic mass is 10.2. The van der Waals surface area contributed by atoms with Gasteiger partial charge >= 0.3 is 0 Å². The molecule has 1 aliphatic rings. The van der Waals surface area contributed by atoms with E-state index in [4.69, 9.17) is 4.74 Å². The first-order valence-electron chi connectivity index (χ1n) is 7.50. The molecule has 0 saturated heterocycles. The maximum atomic E-state index is 12.9. The Morgan fingerprint density at radius 1 is 1.17 bits per heavy atom. The summed E-state index contributed by atoms with van der Waals surface area (Å²) in [4.78, 5) is 13.4. The van der Waals surface area contributed by atoms with Crippen molar-refractivity contribution in [2.45, 2.75) is 11.8 Å². The number of para-hydroxylation sites is 1. The minimum atomic E-state index is -3.73. The van der Waals surface area contributed by atoms with Gasteiger partial charge in [-0.05, 0) is 30.3 Å². The minimum absolute atomic E-state index is 0.115. The molecule has 0 bridgehead atoms. The summed E-state index contributed by atoms with van der Waals surface area (Å²) in [6, 6.07) is 13.4. The van der Waals surface area contributed by atoms with Gasteiger partial charge in [0, 0.05) is 14.0 Å². The summed E-state index contributed by atoms with van der Waals surface area (Å²) in [6.07, 6.45) is 0. The van der Waals surface area contributed by atoms with Crippen LogP contribution in [0.5, 0.6) is 5.75 Å². The van der Waals surface area contributed by atoms with E-state index in [0.29, 0.717) is 30.3 Å². The quantitative estimate of drug-likeness (QED) is 0.855. The molecule has 1 heterocycles. The second-order valence-corrected chi connectivity index (χ2v) is 7.43. The fourth-order valence-electron chi connectivity index (χ4n) is 2.62. The Kier molecular flexibility index (Phi) is 4.19. The highest BCUT2D eigenvalue weighted by Gasteiger charge is 2.27. The van der Waals surface area contributed by atoms with Crippen LogP contribution in [-0.4, -0.2) is 34.5 Å². The zero-order valence-electron chi connectivity index (χ0n) is 13.5. The number of rotatable bonds is 3. The van der Waals surface area contributed by atoms with Crippen LogP contribution in [0.4, 0.5) is 11.4 Å². The molecule has 1 amide bonds. The fourth-order valence-corrected chi connectivity index (χ4v) is 3.84. The van der Waals surface area contributed by atoms with Crippen LogP contribution in [-0.2, 0) is 14.8 Å². The molecule has 126 valence electrons. The van der Waals surface area contributed by atoms with Gasteiger partial charge in [-0.25, -0.2) is 8.42 Å². The summed E-state index contributed by atoms with van der Waals surface area (Å²) in [5, 5.41) is 0. The van der Waals surface area contributed by atoms with Crippen LogP contribution in [0.1, 0.15) is 6.92 Å². The van der Waals surface area contributed by atoms with Gasteiger partial charge in [0.25, 0.3) is 10.0 Å². The van der Waals surface area contributed by atoms with E-state index in [9.17, 15) is 13.2 Å². The van der Waals surface area contributed by atoms with Gasteiger partial charge in [-0.15, -0.1) is 0 Å². The summed E-state index contributed by atoms with van der Waals surface area (Å²) in [6.45, 7) is 2.25. The molecule has 0 fully saturated rings. The molecule has 7 heteroatoms. The molecule has 2 aromatic rings. The van der Waals surface area contributed by atoms with Gasteiger partial charge in [-0.2, -0.15) is 0 Å². The van der Waals surface area contributed by atoms with E-state index in [-0.39, 0.29) is 10.8 Å². The molecule has 0 N–H and O–H groups in total. The molecule has 0 spiro atoms. The van der Waals surface area contributed by atoms with Gasteiger partial charge in [0.2, 0.25) is 5.91 Å². The number of benzene rings is 2. The molecule has 0 radical (unpaired) electrons. The fraction of sp³-hybridized carbons (Fsp3) is 0.235. The number of amides is 1. The highest BCUT2D eigenvalue weighted by Crippen LogP contribution is 2.35. The summed E-state index contributed by atoms with van der Waals surface area (Å²) in [5.41, 5.74) is 1.05. The normalized spacial score (nSPS) is 13.8. The molecule has 0 unspecified atom stereocenters. The second-order valence-electron chi connectivity index (χ2n) is 5.46. The highest BCUT2D eigenvalue weighted by molar-refractivity contribution is 7.92. The molecular weight excluding hydrogens is 328 g/mol. The Hall–Kier alpha value is -2.54. The van der Waals surface area contributed by atoms with Gasteiger partial charge in [-0.1, -0.05) is 18.2 Å². The maximum absolute atomic E-state index is 12.9. The van der Waals surface area contributed by atoms with Gasteiger partial charge in [0.1, 0.15) is 12.4 Å². The van der Waals surface area contributed by atoms with Gasteiger partial charge < -0.3 is 9.64 Å². The molecule has 0 aliphatic carbocycles. The Morgan fingerprint density at radius 2 is 1.88 bits per heavy atom. The van der Waals surface area contributed by atoms with Gasteiger partial charge in [0.15, 0.2) is 0 Å². The van der Waals surface area contributed by atoms with E-state index in [1.807, 2.05) is 6.07 Å². The van der Waals surface area contributed by atoms with Crippen LogP contribution in [0.15, 0.2) is 53.4 Å². The van der Waals surface area contributed by atoms with Crippen molar-refractivity contribution in [2.75, 3.05) is 29.4 Å². The Balaban J connectivity index is 2.03. The van der Waals surface area contributed by atoms with Gasteiger partial charge in [-0.3, -0.25) is 9.10 Å². The lowest BCUT2D eigenvalue weighted by Crippen LogP contribution is -2.36. The van der Waals surface area contributed by atoms with Crippen molar-refractivity contribution in [3.05, 3.63) is 48.5 Å². The molecule has 3 rings (SSSR count). The van der Waals surface area contributed by atoms with E-state index >= 15 is 0 Å². The largest absolute Gasteiger partial charge is 0.490 e. The average molecular weight is 346 g/mol. The standard InChI is InChI=1S/C17H18N2O4S/c1-13(20)19-10-11-23-17-9-8-15(12-16(17)19)24(21,22)18(2)14-6-4-3-5-7-14/h3-9,12H,10-11H2,1-2H3. The molecule has 0 aromatic heterocycles. The van der Waals surface area contributed by atoms with Crippen molar-refractivity contribution >= 4 is 27.3 Å². The van der Waals surface area contributed by atoms with Crippen LogP contribution in [0.2, 0.25) is 0 Å². The first kappa shape index (κ1) is 16.3. The number of hydrogen-bond acceptors (Lipinski definition) is 4. The van der Waals surface area contributed by atoms with Crippen molar-refractivity contribution in [1.82, 2.24) is 0 Å². The van der Waals surface area contributed by atoms with Crippen molar-refractivity contribution < 1.29 is 17.9 Å². The number of sulfonamides is 1. The third kappa shape index (κ3) is 2.82. The van der Waals surface area contributed by atoms with E-state index in [0.717, 1.165) is 0 Å². The lowest BCUT2D eigenvalue weighted by Gasteiger charge is -2.29. The van der Waals surface area contributed by atoms with E-state index < -0.39 is 10.0 Å². The van der Waals surface area contributed by atoms with Crippen molar-refractivity contribution in [2.24, 2.45) is 0 Å². The number of hydrogen-bond donors (Lipinski definition) is 0. The molecule has 6 nitrogen and oxygen atoms in total. The molecule has 0 saturated carbocycles. The van der Waals surface area contributed by atoms with E-state index in [1.165, 1.54) is 35.3 Å². The predicted molar refractivity (Wildman–Crippen MR) is 92.0 cm³/mol. The second kappa shape index (κ2) is 6.16. The SMILES string of the molecule is CC(=O)N1CCOc2ccc(S(=O)(=O)N(C)c3ccccc3)cc21. The zero-order valence-corrected chi connectivity index (χ0v) is 14.3. The van der Waals surface area contributed by atoms with Crippen LogP contribution in [0.3, 0.4) is 0 Å². The first-order valence-corrected chi connectivity index (χ1v) is 8.94. The van der Waals surface area contributed by atoms with Crippen LogP contribution < -0.4 is 13.9 Å². The lowest BCUT2D eigenvalue weighted by molar-refractivity contribution is -0.116. The van der Waals surface area contributed by atoms with Crippen LogP contribution in [0, 0.1) is 0 Å². The molecule has 0 atom stereocenters. The first-order chi connectivity index (χ1) is 11.4. The third-order valence-corrected chi connectivity index (χ3v) is 5.73. The monoisotopic (exact) mass is 346 g/mol. The number of carbonyl (C=O) groups excluding carboxylic acids is 1. The topological polar surface area (TPSA) is 66.9 Å². The van der Waals surface area contributed by atoms with Crippen LogP contribution >= 0.6 is 0 Å². The number of anilines is 2. The molecule has 1 aliphatic heterocycles. The van der Waals surface area contributed by atoms with E-state index in [1.54, 1.807) is 30.3 Å².